The third-order valence-electron chi connectivity index (χ3n) is 2.73. The lowest BCUT2D eigenvalue weighted by Crippen LogP contribution is -2.33. The van der Waals surface area contributed by atoms with E-state index in [0.29, 0.717) is 5.75 Å². The van der Waals surface area contributed by atoms with E-state index in [1.807, 2.05) is 37.3 Å². The van der Waals surface area contributed by atoms with E-state index in [9.17, 15) is 4.79 Å². The first-order chi connectivity index (χ1) is 9.11. The summed E-state index contributed by atoms with van der Waals surface area (Å²) in [6.45, 7) is 1.96. The molecule has 0 aliphatic carbocycles. The Morgan fingerprint density at radius 2 is 2.21 bits per heavy atom. The molecule has 100 valence electrons. The Hall–Kier alpha value is -1.59. The molecule has 4 nitrogen and oxygen atoms in total. The van der Waals surface area contributed by atoms with E-state index in [1.54, 1.807) is 11.8 Å². The van der Waals surface area contributed by atoms with Crippen LogP contribution in [0.4, 0.5) is 0 Å². The molecule has 19 heavy (non-hydrogen) atoms. The summed E-state index contributed by atoms with van der Waals surface area (Å²) in [5.74, 6) is 0.0997. The molecule has 0 aliphatic heterocycles. The predicted octanol–water partition coefficient (Wildman–Crippen LogP) is 2.14. The summed E-state index contributed by atoms with van der Waals surface area (Å²) >= 11 is 1.55. The molecule has 2 N–H and O–H groups in total. The van der Waals surface area contributed by atoms with Crippen LogP contribution in [0.1, 0.15) is 5.69 Å². The number of methoxy groups -OCH3 is 1. The van der Waals surface area contributed by atoms with Crippen molar-refractivity contribution in [3.05, 3.63) is 36.0 Å². The van der Waals surface area contributed by atoms with Crippen molar-refractivity contribution in [1.29, 1.82) is 0 Å². The van der Waals surface area contributed by atoms with Crippen molar-refractivity contribution in [3.63, 3.8) is 0 Å². The first kappa shape index (κ1) is 13.8. The topological polar surface area (TPSA) is 65.2 Å². The minimum absolute atomic E-state index is 0.386. The van der Waals surface area contributed by atoms with Gasteiger partial charge in [0.1, 0.15) is 6.04 Å². The molecule has 0 unspecified atom stereocenters. The number of carbonyl (C=O) groups excluding carboxylic acids is 1. The highest BCUT2D eigenvalue weighted by Crippen LogP contribution is 2.28. The third-order valence-corrected chi connectivity index (χ3v) is 3.90. The Kier molecular flexibility index (Phi) is 4.39. The van der Waals surface area contributed by atoms with Gasteiger partial charge in [-0.25, -0.2) is 0 Å². The van der Waals surface area contributed by atoms with Crippen molar-refractivity contribution < 1.29 is 9.53 Å². The fraction of sp³-hybridized carbons (Fsp3) is 0.286. The largest absolute Gasteiger partial charge is 0.468 e. The number of pyridine rings is 1. The summed E-state index contributed by atoms with van der Waals surface area (Å²) in [7, 11) is 1.35. The first-order valence-corrected chi connectivity index (χ1v) is 6.93. The molecule has 0 saturated heterocycles. The zero-order valence-electron chi connectivity index (χ0n) is 10.9. The number of hydrogen-bond donors (Lipinski definition) is 1. The summed E-state index contributed by atoms with van der Waals surface area (Å²) in [6.07, 6.45) is 0. The molecule has 5 heteroatoms. The maximum absolute atomic E-state index is 11.3. The number of esters is 1. The monoisotopic (exact) mass is 276 g/mol. The fourth-order valence-electron chi connectivity index (χ4n) is 1.79. The molecule has 1 aromatic heterocycles. The van der Waals surface area contributed by atoms with Gasteiger partial charge in [-0.3, -0.25) is 9.78 Å². The molecule has 0 aliphatic rings. The van der Waals surface area contributed by atoms with E-state index in [2.05, 4.69) is 9.72 Å². The summed E-state index contributed by atoms with van der Waals surface area (Å²) in [5, 5.41) is 1.08. The number of hydrogen-bond acceptors (Lipinski definition) is 5. The van der Waals surface area contributed by atoms with Gasteiger partial charge in [0.05, 0.1) is 12.6 Å². The molecular weight excluding hydrogens is 260 g/mol. The lowest BCUT2D eigenvalue weighted by atomic mass is 10.2. The lowest BCUT2D eigenvalue weighted by Gasteiger charge is -2.11. The van der Waals surface area contributed by atoms with Gasteiger partial charge in [-0.15, -0.1) is 11.8 Å². The number of nitrogens with two attached hydrogens (primary N) is 1. The molecule has 0 fully saturated rings. The van der Waals surface area contributed by atoms with Crippen molar-refractivity contribution in [3.8, 4) is 0 Å². The number of nitrogens with zero attached hydrogens (tertiary/aromatic N) is 1. The average molecular weight is 276 g/mol. The van der Waals surface area contributed by atoms with Crippen LogP contribution in [0.3, 0.4) is 0 Å². The number of aryl methyl sites for hydroxylation is 1. The van der Waals surface area contributed by atoms with Gasteiger partial charge in [0.15, 0.2) is 0 Å². The number of aromatic nitrogens is 1. The highest BCUT2D eigenvalue weighted by atomic mass is 32.2. The van der Waals surface area contributed by atoms with Crippen LogP contribution in [-0.2, 0) is 9.53 Å². The number of benzene rings is 1. The van der Waals surface area contributed by atoms with Crippen LogP contribution in [-0.4, -0.2) is 29.9 Å². The molecule has 1 heterocycles. The summed E-state index contributed by atoms with van der Waals surface area (Å²) in [4.78, 5) is 16.9. The highest BCUT2D eigenvalue weighted by molar-refractivity contribution is 7.99. The van der Waals surface area contributed by atoms with Gasteiger partial charge in [0.2, 0.25) is 0 Å². The van der Waals surface area contributed by atoms with Crippen molar-refractivity contribution in [2.24, 2.45) is 5.73 Å². The Bertz CT molecular complexity index is 601. The van der Waals surface area contributed by atoms with E-state index < -0.39 is 6.04 Å². The van der Waals surface area contributed by atoms with Crippen molar-refractivity contribution in [1.82, 2.24) is 4.98 Å². The second-order valence-corrected chi connectivity index (χ2v) is 5.28. The Morgan fingerprint density at radius 1 is 1.47 bits per heavy atom. The zero-order chi connectivity index (χ0) is 13.8. The Balaban J connectivity index is 2.23. The molecular formula is C14H16N2O2S. The third kappa shape index (κ3) is 3.24. The highest BCUT2D eigenvalue weighted by Gasteiger charge is 2.14. The summed E-state index contributed by atoms with van der Waals surface area (Å²) < 4.78 is 4.62. The molecule has 2 aromatic rings. The second kappa shape index (κ2) is 6.04. The van der Waals surface area contributed by atoms with Gasteiger partial charge in [-0.05, 0) is 19.1 Å². The number of para-hydroxylation sites is 1. The fourth-order valence-corrected chi connectivity index (χ4v) is 2.86. The Morgan fingerprint density at radius 3 is 2.95 bits per heavy atom. The van der Waals surface area contributed by atoms with Gasteiger partial charge in [-0.1, -0.05) is 18.2 Å². The second-order valence-electron chi connectivity index (χ2n) is 4.22. The first-order valence-electron chi connectivity index (χ1n) is 5.94. The Labute approximate surface area is 116 Å². The average Bonchev–Trinajstić information content (AvgIpc) is 2.43. The van der Waals surface area contributed by atoms with E-state index in [0.717, 1.165) is 21.5 Å². The summed E-state index contributed by atoms with van der Waals surface area (Å²) in [6, 6.07) is 9.34. The molecule has 2 rings (SSSR count). The van der Waals surface area contributed by atoms with Crippen LogP contribution in [0.25, 0.3) is 10.9 Å². The van der Waals surface area contributed by atoms with Crippen molar-refractivity contribution in [2.45, 2.75) is 17.9 Å². The van der Waals surface area contributed by atoms with Crippen LogP contribution < -0.4 is 5.73 Å². The molecule has 0 spiro atoms. The molecule has 1 aromatic carbocycles. The minimum Gasteiger partial charge on any atom is -0.468 e. The summed E-state index contributed by atoms with van der Waals surface area (Å²) in [5.41, 5.74) is 7.65. The number of carbonyl (C=O) groups is 1. The van der Waals surface area contributed by atoms with E-state index in [-0.39, 0.29) is 5.97 Å². The normalized spacial score (nSPS) is 12.4. The van der Waals surface area contributed by atoms with Crippen molar-refractivity contribution in [2.75, 3.05) is 12.9 Å². The predicted molar refractivity (Wildman–Crippen MR) is 77.2 cm³/mol. The lowest BCUT2D eigenvalue weighted by molar-refractivity contribution is -0.141. The van der Waals surface area contributed by atoms with Crippen LogP contribution in [0.15, 0.2) is 35.2 Å². The van der Waals surface area contributed by atoms with E-state index in [1.165, 1.54) is 7.11 Å². The van der Waals surface area contributed by atoms with Gasteiger partial charge in [-0.2, -0.15) is 0 Å². The minimum atomic E-state index is -0.609. The van der Waals surface area contributed by atoms with Crippen LogP contribution in [0, 0.1) is 6.92 Å². The maximum atomic E-state index is 11.3. The SMILES string of the molecule is COC(=O)[C@@H](N)CSc1cc(C)nc2ccccc12. The van der Waals surface area contributed by atoms with Gasteiger partial charge >= 0.3 is 5.97 Å². The van der Waals surface area contributed by atoms with Gasteiger partial charge < -0.3 is 10.5 Å². The van der Waals surface area contributed by atoms with E-state index in [4.69, 9.17) is 5.73 Å². The van der Waals surface area contributed by atoms with Crippen LogP contribution in [0.2, 0.25) is 0 Å². The van der Waals surface area contributed by atoms with Gasteiger partial charge in [0.25, 0.3) is 0 Å². The van der Waals surface area contributed by atoms with E-state index >= 15 is 0 Å². The quantitative estimate of drug-likeness (QED) is 0.684. The number of fused-ring (bicyclic) bond motifs is 1. The van der Waals surface area contributed by atoms with Crippen LogP contribution >= 0.6 is 11.8 Å². The smallest absolute Gasteiger partial charge is 0.323 e. The molecule has 0 bridgehead atoms. The van der Waals surface area contributed by atoms with Crippen LogP contribution in [0.5, 0.6) is 0 Å². The molecule has 0 amide bonds. The standard InChI is InChI=1S/C14H16N2O2S/c1-9-7-13(19-8-11(15)14(17)18-2)10-5-3-4-6-12(10)16-9/h3-7,11H,8,15H2,1-2H3/t11-/m0/s1. The molecule has 0 radical (unpaired) electrons. The maximum Gasteiger partial charge on any atom is 0.323 e. The van der Waals surface area contributed by atoms with Crippen molar-refractivity contribution >= 4 is 28.6 Å². The number of rotatable bonds is 4. The number of ether oxygens (including phenoxy) is 1. The zero-order valence-corrected chi connectivity index (χ0v) is 11.7. The molecule has 0 saturated carbocycles. The number of thioether (sulfide) groups is 1. The molecule has 1 atom stereocenters. The van der Waals surface area contributed by atoms with Gasteiger partial charge in [0, 0.05) is 21.7 Å².